The zero-order valence-electron chi connectivity index (χ0n) is 13.2. The monoisotopic (exact) mass is 339 g/mol. The van der Waals surface area contributed by atoms with Gasteiger partial charge in [-0.2, -0.15) is 0 Å². The number of hydrogen-bond donors (Lipinski definition) is 0. The van der Waals surface area contributed by atoms with E-state index in [4.69, 9.17) is 9.15 Å². The third-order valence-corrected chi connectivity index (χ3v) is 3.35. The molecule has 1 heterocycles. The summed E-state index contributed by atoms with van der Waals surface area (Å²) in [6.07, 6.45) is 0. The first-order chi connectivity index (χ1) is 12.0. The summed E-state index contributed by atoms with van der Waals surface area (Å²) in [4.78, 5) is 22.1. The van der Waals surface area contributed by atoms with Crippen LogP contribution in [0.15, 0.2) is 52.9 Å². The first kappa shape index (κ1) is 16.3. The summed E-state index contributed by atoms with van der Waals surface area (Å²) in [6.45, 7) is 1.72. The van der Waals surface area contributed by atoms with Gasteiger partial charge in [-0.25, -0.2) is 4.79 Å². The fourth-order valence-corrected chi connectivity index (χ4v) is 2.16. The molecule has 2 aromatic carbocycles. The number of rotatable bonds is 5. The molecule has 1 aromatic heterocycles. The van der Waals surface area contributed by atoms with Gasteiger partial charge in [0.15, 0.2) is 6.61 Å². The van der Waals surface area contributed by atoms with E-state index >= 15 is 0 Å². The standard InChI is InChI=1S/C17H13N3O5/c1-11-4-2-5-12(8-11)16-19-18-15(25-16)10-24-17(21)13-6-3-7-14(9-13)20(22)23/h2-9H,10H2,1H3. The largest absolute Gasteiger partial charge is 0.452 e. The predicted molar refractivity (Wildman–Crippen MR) is 86.7 cm³/mol. The van der Waals surface area contributed by atoms with Crippen molar-refractivity contribution in [3.05, 3.63) is 75.7 Å². The van der Waals surface area contributed by atoms with Gasteiger partial charge in [-0.05, 0) is 25.1 Å². The van der Waals surface area contributed by atoms with Gasteiger partial charge in [0.05, 0.1) is 10.5 Å². The van der Waals surface area contributed by atoms with Crippen LogP contribution in [-0.2, 0) is 11.3 Å². The Morgan fingerprint density at radius 2 is 2.00 bits per heavy atom. The topological polar surface area (TPSA) is 108 Å². The first-order valence-electron chi connectivity index (χ1n) is 7.34. The number of aryl methyl sites for hydroxylation is 1. The molecule has 8 heteroatoms. The Labute approximate surface area is 142 Å². The number of carbonyl (C=O) groups is 1. The summed E-state index contributed by atoms with van der Waals surface area (Å²) < 4.78 is 10.5. The van der Waals surface area contributed by atoms with E-state index in [0.29, 0.717) is 5.89 Å². The summed E-state index contributed by atoms with van der Waals surface area (Å²) in [7, 11) is 0. The molecule has 0 N–H and O–H groups in total. The zero-order chi connectivity index (χ0) is 17.8. The smallest absolute Gasteiger partial charge is 0.338 e. The molecule has 0 saturated carbocycles. The maximum atomic E-state index is 12.0. The predicted octanol–water partition coefficient (Wildman–Crippen LogP) is 3.31. The Kier molecular flexibility index (Phi) is 4.51. The van der Waals surface area contributed by atoms with Crippen molar-refractivity contribution in [3.63, 3.8) is 0 Å². The van der Waals surface area contributed by atoms with Gasteiger partial charge in [0.1, 0.15) is 0 Å². The van der Waals surface area contributed by atoms with Crippen LogP contribution >= 0.6 is 0 Å². The van der Waals surface area contributed by atoms with Crippen LogP contribution < -0.4 is 0 Å². The van der Waals surface area contributed by atoms with Crippen LogP contribution in [0.5, 0.6) is 0 Å². The molecule has 0 saturated heterocycles. The van der Waals surface area contributed by atoms with Gasteiger partial charge in [0.25, 0.3) is 11.6 Å². The molecule has 3 aromatic rings. The molecule has 0 bridgehead atoms. The second-order valence-corrected chi connectivity index (χ2v) is 5.25. The van der Waals surface area contributed by atoms with Gasteiger partial charge in [-0.1, -0.05) is 23.8 Å². The molecule has 0 aliphatic rings. The van der Waals surface area contributed by atoms with Gasteiger partial charge < -0.3 is 9.15 Å². The normalized spacial score (nSPS) is 10.4. The maximum absolute atomic E-state index is 12.0. The fourth-order valence-electron chi connectivity index (χ4n) is 2.16. The van der Waals surface area contributed by atoms with Crippen LogP contribution in [0.25, 0.3) is 11.5 Å². The van der Waals surface area contributed by atoms with E-state index in [1.165, 1.54) is 18.2 Å². The fraction of sp³-hybridized carbons (Fsp3) is 0.118. The molecule has 8 nitrogen and oxygen atoms in total. The third-order valence-electron chi connectivity index (χ3n) is 3.35. The van der Waals surface area contributed by atoms with Crippen molar-refractivity contribution < 1.29 is 18.9 Å². The maximum Gasteiger partial charge on any atom is 0.338 e. The number of benzene rings is 2. The van der Waals surface area contributed by atoms with Crippen LogP contribution in [0, 0.1) is 17.0 Å². The lowest BCUT2D eigenvalue weighted by atomic mass is 10.1. The Balaban J connectivity index is 1.67. The van der Waals surface area contributed by atoms with Crippen molar-refractivity contribution in [2.24, 2.45) is 0 Å². The highest BCUT2D eigenvalue weighted by molar-refractivity contribution is 5.90. The summed E-state index contributed by atoms with van der Waals surface area (Å²) in [6, 6.07) is 12.8. The number of non-ortho nitro benzene ring substituents is 1. The number of esters is 1. The van der Waals surface area contributed by atoms with Crippen molar-refractivity contribution in [1.29, 1.82) is 0 Å². The van der Waals surface area contributed by atoms with E-state index in [1.54, 1.807) is 0 Å². The zero-order valence-corrected chi connectivity index (χ0v) is 13.2. The Morgan fingerprint density at radius 1 is 1.20 bits per heavy atom. The van der Waals surface area contributed by atoms with Gasteiger partial charge >= 0.3 is 5.97 Å². The van der Waals surface area contributed by atoms with Crippen LogP contribution in [0.3, 0.4) is 0 Å². The van der Waals surface area contributed by atoms with E-state index in [2.05, 4.69) is 10.2 Å². The summed E-state index contributed by atoms with van der Waals surface area (Å²) >= 11 is 0. The highest BCUT2D eigenvalue weighted by atomic mass is 16.6. The molecule has 0 atom stereocenters. The van der Waals surface area contributed by atoms with Crippen molar-refractivity contribution in [3.8, 4) is 11.5 Å². The minimum atomic E-state index is -0.709. The second-order valence-electron chi connectivity index (χ2n) is 5.25. The van der Waals surface area contributed by atoms with Crippen LogP contribution in [-0.4, -0.2) is 21.1 Å². The van der Waals surface area contributed by atoms with Gasteiger partial charge in [-0.3, -0.25) is 10.1 Å². The van der Waals surface area contributed by atoms with E-state index < -0.39 is 10.9 Å². The Hall–Kier alpha value is -3.55. The molecule has 0 aliphatic carbocycles. The lowest BCUT2D eigenvalue weighted by Crippen LogP contribution is -2.06. The highest BCUT2D eigenvalue weighted by Crippen LogP contribution is 2.19. The van der Waals surface area contributed by atoms with Crippen LogP contribution in [0.2, 0.25) is 0 Å². The van der Waals surface area contributed by atoms with Crippen molar-refractivity contribution in [2.75, 3.05) is 0 Å². The second kappa shape index (κ2) is 6.91. The summed E-state index contributed by atoms with van der Waals surface area (Å²) in [5.74, 6) is -0.251. The molecule has 126 valence electrons. The van der Waals surface area contributed by atoms with Gasteiger partial charge in [0, 0.05) is 17.7 Å². The Morgan fingerprint density at radius 3 is 2.76 bits per heavy atom. The molecule has 0 amide bonds. The minimum Gasteiger partial charge on any atom is -0.452 e. The number of hydrogen-bond acceptors (Lipinski definition) is 7. The molecular formula is C17H13N3O5. The third kappa shape index (κ3) is 3.86. The average Bonchev–Trinajstić information content (AvgIpc) is 3.09. The molecule has 25 heavy (non-hydrogen) atoms. The minimum absolute atomic E-state index is 0.0765. The Bertz CT molecular complexity index is 935. The van der Waals surface area contributed by atoms with E-state index in [9.17, 15) is 14.9 Å². The number of aromatic nitrogens is 2. The molecular weight excluding hydrogens is 326 g/mol. The molecule has 0 spiro atoms. The molecule has 3 rings (SSSR count). The SMILES string of the molecule is Cc1cccc(-c2nnc(COC(=O)c3cccc([N+](=O)[O-])c3)o2)c1. The highest BCUT2D eigenvalue weighted by Gasteiger charge is 2.15. The number of nitro benzene ring substituents is 1. The van der Waals surface area contributed by atoms with Crippen molar-refractivity contribution >= 4 is 11.7 Å². The molecule has 0 aliphatic heterocycles. The molecule has 0 unspecified atom stereocenters. The first-order valence-corrected chi connectivity index (χ1v) is 7.34. The van der Waals surface area contributed by atoms with E-state index in [0.717, 1.165) is 17.2 Å². The van der Waals surface area contributed by atoms with E-state index in [-0.39, 0.29) is 23.7 Å². The van der Waals surface area contributed by atoms with E-state index in [1.807, 2.05) is 31.2 Å². The lowest BCUT2D eigenvalue weighted by molar-refractivity contribution is -0.384. The number of carbonyl (C=O) groups excluding carboxylic acids is 1. The van der Waals surface area contributed by atoms with Crippen molar-refractivity contribution in [1.82, 2.24) is 10.2 Å². The van der Waals surface area contributed by atoms with Crippen molar-refractivity contribution in [2.45, 2.75) is 13.5 Å². The number of nitro groups is 1. The summed E-state index contributed by atoms with van der Waals surface area (Å²) in [5.41, 5.74) is 1.71. The molecule has 0 fully saturated rings. The lowest BCUT2D eigenvalue weighted by Gasteiger charge is -2.02. The number of nitrogens with zero attached hydrogens (tertiary/aromatic N) is 3. The van der Waals surface area contributed by atoms with Crippen LogP contribution in [0.4, 0.5) is 5.69 Å². The molecule has 0 radical (unpaired) electrons. The number of ether oxygens (including phenoxy) is 1. The summed E-state index contributed by atoms with van der Waals surface area (Å²) in [5, 5.41) is 18.5. The van der Waals surface area contributed by atoms with Gasteiger partial charge in [-0.15, -0.1) is 10.2 Å². The van der Waals surface area contributed by atoms with Crippen LogP contribution in [0.1, 0.15) is 21.8 Å². The van der Waals surface area contributed by atoms with Gasteiger partial charge in [0.2, 0.25) is 5.89 Å². The average molecular weight is 339 g/mol. The quantitative estimate of drug-likeness (QED) is 0.398.